The maximum atomic E-state index is 12.3. The molecule has 3 N–H and O–H groups in total. The predicted octanol–water partition coefficient (Wildman–Crippen LogP) is 1.61. The highest BCUT2D eigenvalue weighted by atomic mass is 16.3. The van der Waals surface area contributed by atoms with Gasteiger partial charge in [-0.05, 0) is 24.1 Å². The van der Waals surface area contributed by atoms with Crippen LogP contribution in [0.5, 0.6) is 0 Å². The number of carbonyl (C=O) groups is 1. The van der Waals surface area contributed by atoms with Gasteiger partial charge >= 0.3 is 5.69 Å². The zero-order valence-corrected chi connectivity index (χ0v) is 13.8. The molecule has 0 saturated carbocycles. The van der Waals surface area contributed by atoms with E-state index in [0.29, 0.717) is 24.0 Å². The number of aromatic amines is 1. The minimum Gasteiger partial charge on any atom is -0.396 e. The van der Waals surface area contributed by atoms with Gasteiger partial charge in [-0.25, -0.2) is 4.79 Å². The lowest BCUT2D eigenvalue weighted by molar-refractivity contribution is -0.121. The third-order valence-electron chi connectivity index (χ3n) is 4.28. The average Bonchev–Trinajstić information content (AvgIpc) is 2.95. The van der Waals surface area contributed by atoms with Crippen molar-refractivity contribution in [3.8, 4) is 0 Å². The number of amides is 1. The number of H-pyrrole nitrogens is 1. The smallest absolute Gasteiger partial charge is 0.326 e. The van der Waals surface area contributed by atoms with E-state index in [2.05, 4.69) is 10.3 Å². The van der Waals surface area contributed by atoms with Gasteiger partial charge in [0.25, 0.3) is 0 Å². The Bertz CT molecular complexity index is 899. The van der Waals surface area contributed by atoms with E-state index in [1.54, 1.807) is 12.1 Å². The molecule has 2 aromatic carbocycles. The van der Waals surface area contributed by atoms with Gasteiger partial charge in [-0.3, -0.25) is 9.36 Å². The van der Waals surface area contributed by atoms with Crippen molar-refractivity contribution < 1.29 is 9.90 Å². The molecule has 1 atom stereocenters. The molecule has 1 heterocycles. The largest absolute Gasteiger partial charge is 0.396 e. The summed E-state index contributed by atoms with van der Waals surface area (Å²) in [5, 5.41) is 12.1. The number of nitrogens with one attached hydrogen (secondary N) is 2. The number of nitrogens with zero attached hydrogens (tertiary/aromatic N) is 1. The normalized spacial score (nSPS) is 12.2. The van der Waals surface area contributed by atoms with E-state index >= 15 is 0 Å². The van der Waals surface area contributed by atoms with Crippen LogP contribution in [-0.2, 0) is 11.3 Å². The Labute approximate surface area is 145 Å². The average molecular weight is 339 g/mol. The fraction of sp³-hybridized carbons (Fsp3) is 0.263. The fourth-order valence-corrected chi connectivity index (χ4v) is 2.97. The van der Waals surface area contributed by atoms with E-state index in [1.807, 2.05) is 42.5 Å². The van der Waals surface area contributed by atoms with Gasteiger partial charge in [0.15, 0.2) is 0 Å². The first-order valence-electron chi connectivity index (χ1n) is 8.29. The first-order valence-corrected chi connectivity index (χ1v) is 8.29. The van der Waals surface area contributed by atoms with Crippen molar-refractivity contribution in [3.05, 3.63) is 70.6 Å². The number of imidazole rings is 1. The Balaban J connectivity index is 1.67. The van der Waals surface area contributed by atoms with Crippen LogP contribution in [0.15, 0.2) is 59.4 Å². The van der Waals surface area contributed by atoms with E-state index in [-0.39, 0.29) is 30.7 Å². The van der Waals surface area contributed by atoms with Gasteiger partial charge in [0, 0.05) is 19.1 Å². The maximum absolute atomic E-state index is 12.3. The van der Waals surface area contributed by atoms with E-state index in [1.165, 1.54) is 4.57 Å². The number of rotatable bonds is 7. The third-order valence-corrected chi connectivity index (χ3v) is 4.28. The van der Waals surface area contributed by atoms with Crippen LogP contribution in [0, 0.1) is 0 Å². The number of carbonyl (C=O) groups excluding carboxylic acids is 1. The molecule has 0 spiro atoms. The molecule has 6 nitrogen and oxygen atoms in total. The molecular formula is C19H21N3O3. The van der Waals surface area contributed by atoms with E-state index in [0.717, 1.165) is 5.56 Å². The van der Waals surface area contributed by atoms with Crippen LogP contribution in [0.4, 0.5) is 0 Å². The molecular weight excluding hydrogens is 318 g/mol. The number of fused-ring (bicyclic) bond motifs is 1. The molecule has 0 aliphatic rings. The number of benzene rings is 2. The highest BCUT2D eigenvalue weighted by Gasteiger charge is 2.14. The second-order valence-corrected chi connectivity index (χ2v) is 5.96. The van der Waals surface area contributed by atoms with Crippen LogP contribution in [-0.4, -0.2) is 33.7 Å². The summed E-state index contributed by atoms with van der Waals surface area (Å²) >= 11 is 0. The van der Waals surface area contributed by atoms with Gasteiger partial charge in [0.1, 0.15) is 6.54 Å². The lowest BCUT2D eigenvalue weighted by atomic mass is 9.96. The van der Waals surface area contributed by atoms with Gasteiger partial charge in [-0.15, -0.1) is 0 Å². The van der Waals surface area contributed by atoms with E-state index < -0.39 is 0 Å². The molecule has 0 aliphatic carbocycles. The molecule has 3 rings (SSSR count). The Morgan fingerprint density at radius 1 is 1.12 bits per heavy atom. The van der Waals surface area contributed by atoms with Crippen molar-refractivity contribution in [2.24, 2.45) is 0 Å². The Morgan fingerprint density at radius 3 is 2.60 bits per heavy atom. The predicted molar refractivity (Wildman–Crippen MR) is 96.5 cm³/mol. The quantitative estimate of drug-likeness (QED) is 0.611. The van der Waals surface area contributed by atoms with Crippen molar-refractivity contribution in [2.45, 2.75) is 18.9 Å². The summed E-state index contributed by atoms with van der Waals surface area (Å²) in [7, 11) is 0. The molecule has 0 aliphatic heterocycles. The lowest BCUT2D eigenvalue weighted by Gasteiger charge is -2.17. The number of aliphatic hydroxyl groups is 1. The molecule has 0 bridgehead atoms. The van der Waals surface area contributed by atoms with Crippen molar-refractivity contribution in [3.63, 3.8) is 0 Å². The van der Waals surface area contributed by atoms with Crippen molar-refractivity contribution in [1.29, 1.82) is 0 Å². The SMILES string of the molecule is O=C(Cn1c(=O)[nH]c2ccccc21)NCC(CCO)c1ccccc1. The summed E-state index contributed by atoms with van der Waals surface area (Å²) < 4.78 is 1.42. The van der Waals surface area contributed by atoms with Gasteiger partial charge < -0.3 is 15.4 Å². The standard InChI is InChI=1S/C19H21N3O3/c23-11-10-15(14-6-2-1-3-7-14)12-20-18(24)13-22-17-9-5-4-8-16(17)21-19(22)25/h1-9,15,23H,10-13H2,(H,20,24)(H,21,25). The number of para-hydroxylation sites is 2. The number of hydrogen-bond donors (Lipinski definition) is 3. The zero-order valence-electron chi connectivity index (χ0n) is 13.8. The molecule has 3 aromatic rings. The van der Waals surface area contributed by atoms with Gasteiger partial charge in [0.05, 0.1) is 11.0 Å². The highest BCUT2D eigenvalue weighted by molar-refractivity contribution is 5.80. The van der Waals surface area contributed by atoms with E-state index in [4.69, 9.17) is 0 Å². The zero-order chi connectivity index (χ0) is 17.6. The first kappa shape index (κ1) is 17.0. The summed E-state index contributed by atoms with van der Waals surface area (Å²) in [5.41, 5.74) is 2.19. The highest BCUT2D eigenvalue weighted by Crippen LogP contribution is 2.18. The number of aliphatic hydroxyl groups excluding tert-OH is 1. The minimum absolute atomic E-state index is 0.0369. The van der Waals surface area contributed by atoms with Crippen molar-refractivity contribution >= 4 is 16.9 Å². The van der Waals surface area contributed by atoms with E-state index in [9.17, 15) is 14.7 Å². The van der Waals surface area contributed by atoms with Crippen LogP contribution in [0.25, 0.3) is 11.0 Å². The van der Waals surface area contributed by atoms with Crippen LogP contribution in [0.2, 0.25) is 0 Å². The van der Waals surface area contributed by atoms with Crippen LogP contribution < -0.4 is 11.0 Å². The fourth-order valence-electron chi connectivity index (χ4n) is 2.97. The summed E-state index contributed by atoms with van der Waals surface area (Å²) in [6.45, 7) is 0.432. The van der Waals surface area contributed by atoms with Crippen molar-refractivity contribution in [2.75, 3.05) is 13.2 Å². The summed E-state index contributed by atoms with van der Waals surface area (Å²) in [4.78, 5) is 27.1. The third kappa shape index (κ3) is 3.97. The molecule has 25 heavy (non-hydrogen) atoms. The number of aromatic nitrogens is 2. The first-order chi connectivity index (χ1) is 12.2. The molecule has 6 heteroatoms. The summed E-state index contributed by atoms with van der Waals surface area (Å²) in [5.74, 6) is -0.194. The molecule has 0 fully saturated rings. The Morgan fingerprint density at radius 2 is 1.84 bits per heavy atom. The van der Waals surface area contributed by atoms with Gasteiger partial charge in [-0.1, -0.05) is 42.5 Å². The molecule has 1 aromatic heterocycles. The second-order valence-electron chi connectivity index (χ2n) is 5.96. The van der Waals surface area contributed by atoms with Crippen LogP contribution in [0.3, 0.4) is 0 Å². The maximum Gasteiger partial charge on any atom is 0.326 e. The monoisotopic (exact) mass is 339 g/mol. The summed E-state index contributed by atoms with van der Waals surface area (Å²) in [6.07, 6.45) is 0.567. The Hall–Kier alpha value is -2.86. The molecule has 130 valence electrons. The van der Waals surface area contributed by atoms with Gasteiger partial charge in [-0.2, -0.15) is 0 Å². The number of hydrogen-bond acceptors (Lipinski definition) is 3. The Kier molecular flexibility index (Phi) is 5.30. The van der Waals surface area contributed by atoms with Crippen molar-refractivity contribution in [1.82, 2.24) is 14.9 Å². The minimum atomic E-state index is -0.300. The van der Waals surface area contributed by atoms with Crippen LogP contribution in [0.1, 0.15) is 17.9 Å². The lowest BCUT2D eigenvalue weighted by Crippen LogP contribution is -2.34. The molecule has 0 saturated heterocycles. The molecule has 1 unspecified atom stereocenters. The molecule has 1 amide bonds. The topological polar surface area (TPSA) is 87.1 Å². The molecule has 0 radical (unpaired) electrons. The van der Waals surface area contributed by atoms with Gasteiger partial charge in [0.2, 0.25) is 5.91 Å². The van der Waals surface area contributed by atoms with Crippen LogP contribution >= 0.6 is 0 Å². The summed E-state index contributed by atoms with van der Waals surface area (Å²) in [6, 6.07) is 17.0. The second kappa shape index (κ2) is 7.81.